The summed E-state index contributed by atoms with van der Waals surface area (Å²) in [6, 6.07) is 11.4. The summed E-state index contributed by atoms with van der Waals surface area (Å²) < 4.78 is 1.01. The molecule has 3 aromatic rings. The number of halogens is 2. The number of thiocarbonyl (C=S) groups is 1. The van der Waals surface area contributed by atoms with Gasteiger partial charge in [0, 0.05) is 10.7 Å². The fraction of sp³-hybridized carbons (Fsp3) is 0.0667. The van der Waals surface area contributed by atoms with Crippen LogP contribution in [0.1, 0.15) is 5.56 Å². The van der Waals surface area contributed by atoms with Crippen molar-refractivity contribution in [2.24, 2.45) is 0 Å². The maximum atomic E-state index is 6.12. The van der Waals surface area contributed by atoms with E-state index in [0.29, 0.717) is 20.3 Å². The summed E-state index contributed by atoms with van der Waals surface area (Å²) in [5.41, 5.74) is 2.62. The Morgan fingerprint density at radius 1 is 1.14 bits per heavy atom. The number of nitrogens with zero attached hydrogens (tertiary/aromatic N) is 1. The monoisotopic (exact) mass is 367 g/mol. The van der Waals surface area contributed by atoms with Gasteiger partial charge in [-0.3, -0.25) is 0 Å². The van der Waals surface area contributed by atoms with Gasteiger partial charge < -0.3 is 10.6 Å². The van der Waals surface area contributed by atoms with Crippen molar-refractivity contribution >= 4 is 72.9 Å². The summed E-state index contributed by atoms with van der Waals surface area (Å²) in [5, 5.41) is 8.63. The second-order valence-corrected chi connectivity index (χ2v) is 6.90. The molecule has 0 aliphatic heterocycles. The molecule has 0 radical (unpaired) electrons. The number of benzene rings is 2. The van der Waals surface area contributed by atoms with Crippen LogP contribution < -0.4 is 10.6 Å². The van der Waals surface area contributed by atoms with Crippen LogP contribution in [0.2, 0.25) is 10.0 Å². The lowest BCUT2D eigenvalue weighted by Crippen LogP contribution is -2.18. The zero-order valence-electron chi connectivity index (χ0n) is 11.5. The minimum absolute atomic E-state index is 0.454. The van der Waals surface area contributed by atoms with Crippen molar-refractivity contribution < 1.29 is 0 Å². The minimum atomic E-state index is 0.454. The van der Waals surface area contributed by atoms with Crippen LogP contribution in [0.3, 0.4) is 0 Å². The number of hydrogen-bond donors (Lipinski definition) is 2. The molecule has 1 heterocycles. The number of nitrogens with one attached hydrogen (secondary N) is 2. The smallest absolute Gasteiger partial charge is 0.190 e. The highest BCUT2D eigenvalue weighted by Crippen LogP contribution is 2.30. The van der Waals surface area contributed by atoms with E-state index in [-0.39, 0.29) is 0 Å². The number of thiazole rings is 1. The summed E-state index contributed by atoms with van der Waals surface area (Å²) in [7, 11) is 0. The Kier molecular flexibility index (Phi) is 4.49. The molecule has 0 aliphatic rings. The summed E-state index contributed by atoms with van der Waals surface area (Å²) in [6.45, 7) is 1.95. The first-order valence-electron chi connectivity index (χ1n) is 6.42. The summed E-state index contributed by atoms with van der Waals surface area (Å²) in [6.07, 6.45) is 0. The van der Waals surface area contributed by atoms with Crippen LogP contribution in [0, 0.1) is 6.92 Å². The van der Waals surface area contributed by atoms with Crippen LogP contribution in [-0.4, -0.2) is 10.1 Å². The van der Waals surface area contributed by atoms with E-state index in [1.165, 1.54) is 11.3 Å². The second-order valence-electron chi connectivity index (χ2n) is 4.65. The number of fused-ring (bicyclic) bond motifs is 1. The molecule has 2 N–H and O–H groups in total. The SMILES string of the molecule is Cc1ccc(NC(=S)Nc2nc3c(Cl)cccc3s2)cc1Cl. The topological polar surface area (TPSA) is 37.0 Å². The normalized spacial score (nSPS) is 10.7. The largest absolute Gasteiger partial charge is 0.332 e. The van der Waals surface area contributed by atoms with Crippen LogP contribution in [0.5, 0.6) is 0 Å². The van der Waals surface area contributed by atoms with Gasteiger partial charge in [-0.05, 0) is 49.0 Å². The first-order valence-corrected chi connectivity index (χ1v) is 8.40. The average Bonchev–Trinajstić information content (AvgIpc) is 2.87. The molecule has 0 amide bonds. The van der Waals surface area contributed by atoms with Gasteiger partial charge in [0.2, 0.25) is 0 Å². The van der Waals surface area contributed by atoms with Crippen molar-refractivity contribution in [3.63, 3.8) is 0 Å². The highest BCUT2D eigenvalue weighted by molar-refractivity contribution is 7.80. The Morgan fingerprint density at radius 2 is 1.95 bits per heavy atom. The Hall–Kier alpha value is -1.40. The maximum Gasteiger partial charge on any atom is 0.190 e. The minimum Gasteiger partial charge on any atom is -0.332 e. The summed E-state index contributed by atoms with van der Waals surface area (Å²) in [5.74, 6) is 0. The molecule has 22 heavy (non-hydrogen) atoms. The van der Waals surface area contributed by atoms with E-state index in [1.807, 2.05) is 43.3 Å². The predicted octanol–water partition coefficient (Wildman–Crippen LogP) is 5.72. The van der Waals surface area contributed by atoms with E-state index in [9.17, 15) is 0 Å². The van der Waals surface area contributed by atoms with E-state index in [4.69, 9.17) is 35.4 Å². The quantitative estimate of drug-likeness (QED) is 0.567. The summed E-state index contributed by atoms with van der Waals surface area (Å²) >= 11 is 19.0. The maximum absolute atomic E-state index is 6.12. The van der Waals surface area contributed by atoms with Gasteiger partial charge >= 0.3 is 0 Å². The van der Waals surface area contributed by atoms with Gasteiger partial charge in [-0.1, -0.05) is 46.7 Å². The fourth-order valence-corrected chi connectivity index (χ4v) is 3.53. The lowest BCUT2D eigenvalue weighted by molar-refractivity contribution is 1.45. The van der Waals surface area contributed by atoms with Crippen LogP contribution >= 0.6 is 46.8 Å². The zero-order valence-corrected chi connectivity index (χ0v) is 14.6. The molecule has 0 aliphatic carbocycles. The van der Waals surface area contributed by atoms with Crippen molar-refractivity contribution in [2.45, 2.75) is 6.92 Å². The van der Waals surface area contributed by atoms with Gasteiger partial charge in [0.25, 0.3) is 0 Å². The third-order valence-corrected chi connectivity index (χ3v) is 4.87. The molecule has 3 rings (SSSR count). The molecule has 0 saturated heterocycles. The van der Waals surface area contributed by atoms with Crippen LogP contribution in [-0.2, 0) is 0 Å². The molecule has 0 spiro atoms. The number of hydrogen-bond acceptors (Lipinski definition) is 3. The van der Waals surface area contributed by atoms with Crippen molar-refractivity contribution in [3.8, 4) is 0 Å². The second kappa shape index (κ2) is 6.38. The van der Waals surface area contributed by atoms with E-state index >= 15 is 0 Å². The van der Waals surface area contributed by atoms with E-state index in [1.54, 1.807) is 0 Å². The molecule has 0 bridgehead atoms. The molecule has 0 fully saturated rings. The molecule has 2 aromatic carbocycles. The van der Waals surface area contributed by atoms with Crippen molar-refractivity contribution in [2.75, 3.05) is 10.6 Å². The summed E-state index contributed by atoms with van der Waals surface area (Å²) in [4.78, 5) is 4.45. The molecule has 0 atom stereocenters. The van der Waals surface area contributed by atoms with Crippen LogP contribution in [0.25, 0.3) is 10.2 Å². The van der Waals surface area contributed by atoms with Gasteiger partial charge in [-0.15, -0.1) is 0 Å². The molecule has 112 valence electrons. The van der Waals surface area contributed by atoms with Crippen LogP contribution in [0.15, 0.2) is 36.4 Å². The highest BCUT2D eigenvalue weighted by Gasteiger charge is 2.08. The lowest BCUT2D eigenvalue weighted by atomic mass is 10.2. The standard InChI is InChI=1S/C15H11Cl2N3S2/c1-8-5-6-9(7-11(8)17)18-14(21)20-15-19-13-10(16)3-2-4-12(13)22-15/h2-7H,1H3,(H2,18,19,20,21). The van der Waals surface area contributed by atoms with Crippen molar-refractivity contribution in [1.82, 2.24) is 4.98 Å². The predicted molar refractivity (Wildman–Crippen MR) is 101 cm³/mol. The fourth-order valence-electron chi connectivity index (χ4n) is 1.90. The third kappa shape index (κ3) is 3.33. The Labute approximate surface area is 147 Å². The molecule has 3 nitrogen and oxygen atoms in total. The molecular weight excluding hydrogens is 357 g/mol. The Bertz CT molecular complexity index is 861. The first kappa shape index (κ1) is 15.5. The first-order chi connectivity index (χ1) is 10.5. The van der Waals surface area contributed by atoms with E-state index < -0.39 is 0 Å². The number of anilines is 2. The lowest BCUT2D eigenvalue weighted by Gasteiger charge is -2.09. The van der Waals surface area contributed by atoms with Crippen LogP contribution in [0.4, 0.5) is 10.8 Å². The van der Waals surface area contributed by atoms with Crippen molar-refractivity contribution in [3.05, 3.63) is 52.0 Å². The molecule has 7 heteroatoms. The Morgan fingerprint density at radius 3 is 2.68 bits per heavy atom. The molecular formula is C15H11Cl2N3S2. The number of rotatable bonds is 2. The zero-order chi connectivity index (χ0) is 15.7. The van der Waals surface area contributed by atoms with Gasteiger partial charge in [0.1, 0.15) is 5.52 Å². The van der Waals surface area contributed by atoms with Gasteiger partial charge in [0.15, 0.2) is 10.2 Å². The molecule has 1 aromatic heterocycles. The van der Waals surface area contributed by atoms with E-state index in [0.717, 1.165) is 21.5 Å². The van der Waals surface area contributed by atoms with Gasteiger partial charge in [-0.2, -0.15) is 0 Å². The van der Waals surface area contributed by atoms with E-state index in [2.05, 4.69) is 15.6 Å². The molecule has 0 unspecified atom stereocenters. The third-order valence-electron chi connectivity index (χ3n) is 3.02. The highest BCUT2D eigenvalue weighted by atomic mass is 35.5. The Balaban J connectivity index is 1.75. The number of aryl methyl sites for hydroxylation is 1. The number of aromatic nitrogens is 1. The molecule has 0 saturated carbocycles. The number of para-hydroxylation sites is 1. The van der Waals surface area contributed by atoms with Crippen molar-refractivity contribution in [1.29, 1.82) is 0 Å². The average molecular weight is 368 g/mol. The van der Waals surface area contributed by atoms with Gasteiger partial charge in [0.05, 0.1) is 9.72 Å². The van der Waals surface area contributed by atoms with Gasteiger partial charge in [-0.25, -0.2) is 4.98 Å².